The zero-order valence-corrected chi connectivity index (χ0v) is 21.2. The van der Waals surface area contributed by atoms with Gasteiger partial charge in [0.2, 0.25) is 11.8 Å². The van der Waals surface area contributed by atoms with Crippen molar-refractivity contribution in [2.75, 3.05) is 0 Å². The third-order valence-corrected chi connectivity index (χ3v) is 6.32. The number of amides is 2. The highest BCUT2D eigenvalue weighted by Gasteiger charge is 2.29. The van der Waals surface area contributed by atoms with Crippen LogP contribution in [0.4, 0.5) is 0 Å². The molecule has 3 rings (SSSR count). The third kappa shape index (κ3) is 6.85. The average molecular weight is 497 g/mol. The zero-order chi connectivity index (χ0) is 24.7. The van der Waals surface area contributed by atoms with E-state index in [0.717, 1.165) is 16.7 Å². The molecule has 3 aromatic rings. The van der Waals surface area contributed by atoms with Crippen LogP contribution in [0.25, 0.3) is 0 Å². The second-order valence-electron chi connectivity index (χ2n) is 8.67. The summed E-state index contributed by atoms with van der Waals surface area (Å²) in [6.07, 6.45) is 0.221. The maximum Gasteiger partial charge on any atom is 0.242 e. The highest BCUT2D eigenvalue weighted by molar-refractivity contribution is 6.35. The first-order valence-electron chi connectivity index (χ1n) is 11.4. The summed E-state index contributed by atoms with van der Waals surface area (Å²) in [5.41, 5.74) is 2.83. The van der Waals surface area contributed by atoms with E-state index in [9.17, 15) is 9.59 Å². The van der Waals surface area contributed by atoms with Crippen molar-refractivity contribution >= 4 is 35.0 Å². The Hall–Kier alpha value is -2.82. The van der Waals surface area contributed by atoms with Crippen LogP contribution in [0.3, 0.4) is 0 Å². The van der Waals surface area contributed by atoms with E-state index in [1.54, 1.807) is 30.0 Å². The molecule has 3 aromatic carbocycles. The van der Waals surface area contributed by atoms with Crippen molar-refractivity contribution in [3.05, 3.63) is 106 Å². The van der Waals surface area contributed by atoms with Crippen LogP contribution in [0.2, 0.25) is 10.0 Å². The lowest BCUT2D eigenvalue weighted by Crippen LogP contribution is -2.49. The smallest absolute Gasteiger partial charge is 0.242 e. The molecule has 0 fully saturated rings. The quantitative estimate of drug-likeness (QED) is 0.369. The van der Waals surface area contributed by atoms with Crippen LogP contribution in [0.15, 0.2) is 78.9 Å². The fourth-order valence-corrected chi connectivity index (χ4v) is 4.38. The van der Waals surface area contributed by atoms with Crippen molar-refractivity contribution in [3.8, 4) is 0 Å². The number of nitrogens with zero attached hydrogens (tertiary/aromatic N) is 1. The lowest BCUT2D eigenvalue weighted by molar-refractivity contribution is -0.141. The number of halogens is 2. The number of nitrogens with one attached hydrogen (secondary N) is 1. The minimum Gasteiger partial charge on any atom is -0.352 e. The lowest BCUT2D eigenvalue weighted by Gasteiger charge is -2.31. The normalized spacial score (nSPS) is 12.0. The van der Waals surface area contributed by atoms with Gasteiger partial charge < -0.3 is 10.2 Å². The summed E-state index contributed by atoms with van der Waals surface area (Å²) in [6, 6.07) is 24.4. The van der Waals surface area contributed by atoms with Gasteiger partial charge in [-0.05, 0) is 49.6 Å². The highest BCUT2D eigenvalue weighted by Crippen LogP contribution is 2.30. The Kier molecular flexibility index (Phi) is 9.14. The van der Waals surface area contributed by atoms with E-state index in [0.29, 0.717) is 10.0 Å². The number of hydrogen-bond acceptors (Lipinski definition) is 2. The Labute approximate surface area is 211 Å². The summed E-state index contributed by atoms with van der Waals surface area (Å²) in [7, 11) is 0. The van der Waals surface area contributed by atoms with Gasteiger partial charge in [0.15, 0.2) is 0 Å². The van der Waals surface area contributed by atoms with Crippen LogP contribution in [0.1, 0.15) is 49.8 Å². The number of carbonyl (C=O) groups is 2. The predicted octanol–water partition coefficient (Wildman–Crippen LogP) is 6.46. The highest BCUT2D eigenvalue weighted by atomic mass is 35.5. The van der Waals surface area contributed by atoms with E-state index in [1.165, 1.54) is 0 Å². The predicted molar refractivity (Wildman–Crippen MR) is 139 cm³/mol. The molecule has 0 heterocycles. The molecule has 6 heteroatoms. The van der Waals surface area contributed by atoms with Gasteiger partial charge in [-0.25, -0.2) is 0 Å². The molecule has 1 atom stereocenters. The molecule has 2 amide bonds. The summed E-state index contributed by atoms with van der Waals surface area (Å²) in [6.45, 7) is 5.75. The minimum atomic E-state index is -0.672. The standard InChI is InChI=1S/C28H30Cl2N2O2/c1-19(2)31-28(34)20(3)32(18-23-14-15-24(29)16-26(23)30)27(33)17-25(21-10-6-4-7-11-21)22-12-8-5-9-13-22/h4-16,19-20,25H,17-18H2,1-3H3,(H,31,34)/t20-/m1/s1. The molecule has 0 aliphatic heterocycles. The van der Waals surface area contributed by atoms with E-state index >= 15 is 0 Å². The Morgan fingerprint density at radius 1 is 0.853 bits per heavy atom. The summed E-state index contributed by atoms with van der Waals surface area (Å²) in [5.74, 6) is -0.474. The second-order valence-corrected chi connectivity index (χ2v) is 9.52. The van der Waals surface area contributed by atoms with Crippen LogP contribution in [0.5, 0.6) is 0 Å². The molecule has 1 N–H and O–H groups in total. The van der Waals surface area contributed by atoms with Crippen molar-refractivity contribution in [2.45, 2.75) is 51.7 Å². The molecule has 178 valence electrons. The first-order chi connectivity index (χ1) is 16.3. The molecule has 0 unspecified atom stereocenters. The minimum absolute atomic E-state index is 0.0348. The second kappa shape index (κ2) is 12.0. The van der Waals surface area contributed by atoms with E-state index < -0.39 is 6.04 Å². The first kappa shape index (κ1) is 25.8. The summed E-state index contributed by atoms with van der Waals surface area (Å²) < 4.78 is 0. The summed E-state index contributed by atoms with van der Waals surface area (Å²) >= 11 is 12.5. The maximum absolute atomic E-state index is 13.8. The Bertz CT molecular complexity index is 1060. The van der Waals surface area contributed by atoms with Gasteiger partial charge >= 0.3 is 0 Å². The Balaban J connectivity index is 1.94. The Morgan fingerprint density at radius 2 is 1.41 bits per heavy atom. The van der Waals surface area contributed by atoms with Crippen molar-refractivity contribution in [1.29, 1.82) is 0 Å². The van der Waals surface area contributed by atoms with Crippen LogP contribution < -0.4 is 5.32 Å². The number of carbonyl (C=O) groups excluding carboxylic acids is 2. The molecule has 0 saturated carbocycles. The molecular weight excluding hydrogens is 467 g/mol. The van der Waals surface area contributed by atoms with E-state index in [2.05, 4.69) is 5.32 Å². The van der Waals surface area contributed by atoms with Crippen LogP contribution in [0, 0.1) is 0 Å². The van der Waals surface area contributed by atoms with E-state index in [4.69, 9.17) is 23.2 Å². The average Bonchev–Trinajstić information content (AvgIpc) is 2.82. The molecule has 34 heavy (non-hydrogen) atoms. The number of hydrogen-bond donors (Lipinski definition) is 1. The van der Waals surface area contributed by atoms with E-state index in [1.807, 2.05) is 74.5 Å². The topological polar surface area (TPSA) is 49.4 Å². The summed E-state index contributed by atoms with van der Waals surface area (Å²) in [5, 5.41) is 3.90. The molecular formula is C28H30Cl2N2O2. The lowest BCUT2D eigenvalue weighted by atomic mass is 9.88. The third-order valence-electron chi connectivity index (χ3n) is 5.74. The Morgan fingerprint density at radius 3 is 1.91 bits per heavy atom. The molecule has 0 spiro atoms. The van der Waals surface area contributed by atoms with Gasteiger partial charge in [-0.15, -0.1) is 0 Å². The van der Waals surface area contributed by atoms with Gasteiger partial charge in [0.25, 0.3) is 0 Å². The van der Waals surface area contributed by atoms with E-state index in [-0.39, 0.29) is 36.7 Å². The fraction of sp³-hybridized carbons (Fsp3) is 0.286. The monoisotopic (exact) mass is 496 g/mol. The molecule has 4 nitrogen and oxygen atoms in total. The summed E-state index contributed by atoms with van der Waals surface area (Å²) in [4.78, 5) is 28.3. The van der Waals surface area contributed by atoms with Crippen molar-refractivity contribution in [2.24, 2.45) is 0 Å². The molecule has 0 aromatic heterocycles. The van der Waals surface area contributed by atoms with Crippen molar-refractivity contribution in [1.82, 2.24) is 10.2 Å². The van der Waals surface area contributed by atoms with Crippen LogP contribution in [-0.2, 0) is 16.1 Å². The largest absolute Gasteiger partial charge is 0.352 e. The number of rotatable bonds is 9. The number of benzene rings is 3. The molecule has 0 radical (unpaired) electrons. The van der Waals surface area contributed by atoms with Gasteiger partial charge in [-0.3, -0.25) is 9.59 Å². The molecule has 0 bridgehead atoms. The van der Waals surface area contributed by atoms with Gasteiger partial charge in [0, 0.05) is 35.0 Å². The maximum atomic E-state index is 13.8. The van der Waals surface area contributed by atoms with Gasteiger partial charge in [0.05, 0.1) is 0 Å². The molecule has 0 aliphatic carbocycles. The van der Waals surface area contributed by atoms with Crippen molar-refractivity contribution < 1.29 is 9.59 Å². The van der Waals surface area contributed by atoms with Gasteiger partial charge in [0.1, 0.15) is 6.04 Å². The molecule has 0 aliphatic rings. The SMILES string of the molecule is CC(C)NC(=O)[C@@H](C)N(Cc1ccc(Cl)cc1Cl)C(=O)CC(c1ccccc1)c1ccccc1. The van der Waals surface area contributed by atoms with Crippen LogP contribution >= 0.6 is 23.2 Å². The van der Waals surface area contributed by atoms with Gasteiger partial charge in [-0.1, -0.05) is 89.9 Å². The molecule has 0 saturated heterocycles. The van der Waals surface area contributed by atoms with Gasteiger partial charge in [-0.2, -0.15) is 0 Å². The fourth-order valence-electron chi connectivity index (χ4n) is 3.91. The zero-order valence-electron chi connectivity index (χ0n) is 19.7. The first-order valence-corrected chi connectivity index (χ1v) is 12.2. The van der Waals surface area contributed by atoms with Crippen molar-refractivity contribution in [3.63, 3.8) is 0 Å². The van der Waals surface area contributed by atoms with Crippen LogP contribution in [-0.4, -0.2) is 28.8 Å².